The highest BCUT2D eigenvalue weighted by atomic mass is 79.9. The molecule has 30 heavy (non-hydrogen) atoms. The number of para-hydroxylation sites is 1. The van der Waals surface area contributed by atoms with E-state index in [9.17, 15) is 5.11 Å². The van der Waals surface area contributed by atoms with Crippen molar-refractivity contribution in [1.29, 1.82) is 0 Å². The Balaban J connectivity index is 0.00000218. The summed E-state index contributed by atoms with van der Waals surface area (Å²) in [5.74, 6) is 1.18. The van der Waals surface area contributed by atoms with Crippen LogP contribution in [0, 0.1) is 11.8 Å². The molecule has 2 aromatic carbocycles. The number of rotatable bonds is 5. The Hall–Kier alpha value is -2.01. The third-order valence-electron chi connectivity index (χ3n) is 7.38. The zero-order valence-corrected chi connectivity index (χ0v) is 18.8. The summed E-state index contributed by atoms with van der Waals surface area (Å²) in [4.78, 5) is 4.50. The van der Waals surface area contributed by atoms with Crippen molar-refractivity contribution >= 4 is 10.9 Å². The van der Waals surface area contributed by atoms with Gasteiger partial charge in [0.1, 0.15) is 18.7 Å². The maximum absolute atomic E-state index is 11.7. The number of aliphatic hydroxyl groups is 1. The summed E-state index contributed by atoms with van der Waals surface area (Å²) >= 11 is 0. The number of quaternary nitrogens is 1. The first kappa shape index (κ1) is 21.2. The molecule has 0 spiro atoms. The fourth-order valence-corrected chi connectivity index (χ4v) is 5.91. The van der Waals surface area contributed by atoms with Crippen LogP contribution in [0.25, 0.3) is 10.9 Å². The van der Waals surface area contributed by atoms with E-state index in [0.717, 1.165) is 47.0 Å². The minimum absolute atomic E-state index is 0. The van der Waals surface area contributed by atoms with Crippen LogP contribution < -0.4 is 17.0 Å². The second-order valence-electron chi connectivity index (χ2n) is 8.88. The first-order valence-corrected chi connectivity index (χ1v) is 10.7. The van der Waals surface area contributed by atoms with E-state index in [1.54, 1.807) is 0 Å². The van der Waals surface area contributed by atoms with Crippen molar-refractivity contribution in [2.75, 3.05) is 13.1 Å². The smallest absolute Gasteiger partial charge is 0.131 e. The Morgan fingerprint density at radius 1 is 1.10 bits per heavy atom. The molecule has 4 unspecified atom stereocenters. The summed E-state index contributed by atoms with van der Waals surface area (Å²) in [6, 6.07) is 21.2. The van der Waals surface area contributed by atoms with E-state index in [2.05, 4.69) is 54.0 Å². The molecule has 4 heteroatoms. The maximum atomic E-state index is 11.7. The molecule has 156 valence electrons. The predicted octanol–water partition coefficient (Wildman–Crippen LogP) is 1.88. The number of benzene rings is 2. The van der Waals surface area contributed by atoms with E-state index in [0.29, 0.717) is 11.8 Å². The van der Waals surface area contributed by atoms with E-state index >= 15 is 0 Å². The van der Waals surface area contributed by atoms with E-state index in [1.165, 1.54) is 12.0 Å². The van der Waals surface area contributed by atoms with E-state index in [1.807, 2.05) is 30.5 Å². The highest BCUT2D eigenvalue weighted by Crippen LogP contribution is 2.47. The summed E-state index contributed by atoms with van der Waals surface area (Å²) in [5, 5.41) is 12.8. The Labute approximate surface area is 189 Å². The first-order chi connectivity index (χ1) is 14.2. The first-order valence-electron chi connectivity index (χ1n) is 10.7. The van der Waals surface area contributed by atoms with Gasteiger partial charge >= 0.3 is 0 Å². The third-order valence-corrected chi connectivity index (χ3v) is 7.38. The van der Waals surface area contributed by atoms with Gasteiger partial charge in [0.2, 0.25) is 0 Å². The Bertz CT molecular complexity index is 1020. The van der Waals surface area contributed by atoms with Crippen molar-refractivity contribution in [3.63, 3.8) is 0 Å². The summed E-state index contributed by atoms with van der Waals surface area (Å²) in [6.45, 7) is 7.32. The lowest BCUT2D eigenvalue weighted by molar-refractivity contribution is -0.984. The second-order valence-corrected chi connectivity index (χ2v) is 8.88. The zero-order chi connectivity index (χ0) is 19.8. The van der Waals surface area contributed by atoms with Crippen LogP contribution in [0.5, 0.6) is 0 Å². The van der Waals surface area contributed by atoms with Gasteiger partial charge in [-0.15, -0.1) is 6.58 Å². The SMILES string of the molecule is C=CC1C[N@+]2(Cc3ccccc3)CCC1CC2C(O)c1ccnc2ccccc12.[Br-]. The lowest BCUT2D eigenvalue weighted by atomic mass is 9.71. The maximum Gasteiger partial charge on any atom is 0.131 e. The number of aromatic nitrogens is 1. The zero-order valence-electron chi connectivity index (χ0n) is 17.2. The lowest BCUT2D eigenvalue weighted by Crippen LogP contribution is -3.00. The van der Waals surface area contributed by atoms with Crippen molar-refractivity contribution in [2.45, 2.75) is 31.5 Å². The number of nitrogens with zero attached hydrogens (tertiary/aromatic N) is 2. The average Bonchev–Trinajstić information content (AvgIpc) is 2.78. The predicted molar refractivity (Wildman–Crippen MR) is 117 cm³/mol. The standard InChI is InChI=1S/C26H29N2O.BrH/c1-2-20-18-28(17-19-8-4-3-5-9-19)15-13-21(20)16-25(28)26(29)23-12-14-27-24-11-7-6-10-22(23)24;/h2-12,14,20-21,25-26,29H,1,13,15-18H2;1H/q+1;/p-1/t20?,21?,25?,26?,28-;/m1./s1. The van der Waals surface area contributed by atoms with Crippen LogP contribution in [0.4, 0.5) is 0 Å². The normalized spacial score (nSPS) is 28.6. The van der Waals surface area contributed by atoms with Gasteiger partial charge in [-0.1, -0.05) is 54.6 Å². The third kappa shape index (κ3) is 3.62. The van der Waals surface area contributed by atoms with Crippen molar-refractivity contribution in [3.8, 4) is 0 Å². The summed E-state index contributed by atoms with van der Waals surface area (Å²) < 4.78 is 0.953. The number of fused-ring (bicyclic) bond motifs is 4. The quantitative estimate of drug-likeness (QED) is 0.461. The van der Waals surface area contributed by atoms with E-state index in [4.69, 9.17) is 0 Å². The van der Waals surface area contributed by atoms with Crippen LogP contribution in [-0.4, -0.2) is 33.7 Å². The number of halogens is 1. The van der Waals surface area contributed by atoms with Crippen LogP contribution in [-0.2, 0) is 6.54 Å². The van der Waals surface area contributed by atoms with Gasteiger partial charge in [0, 0.05) is 35.9 Å². The molecule has 6 rings (SSSR count). The van der Waals surface area contributed by atoms with E-state index < -0.39 is 6.10 Å². The molecule has 3 nitrogen and oxygen atoms in total. The summed E-state index contributed by atoms with van der Waals surface area (Å²) in [7, 11) is 0. The second kappa shape index (κ2) is 8.62. The molecule has 1 aromatic heterocycles. The van der Waals surface area contributed by atoms with Crippen LogP contribution in [0.2, 0.25) is 0 Å². The fourth-order valence-electron chi connectivity index (χ4n) is 5.91. The van der Waals surface area contributed by atoms with Gasteiger partial charge in [0.05, 0.1) is 18.6 Å². The molecule has 4 heterocycles. The Morgan fingerprint density at radius 2 is 1.87 bits per heavy atom. The molecule has 0 amide bonds. The van der Waals surface area contributed by atoms with Crippen molar-refractivity contribution in [2.24, 2.45) is 11.8 Å². The molecule has 1 N–H and O–H groups in total. The number of pyridine rings is 1. The van der Waals surface area contributed by atoms with Gasteiger partial charge < -0.3 is 26.6 Å². The van der Waals surface area contributed by atoms with Crippen LogP contribution in [0.3, 0.4) is 0 Å². The molecule has 0 saturated carbocycles. The van der Waals surface area contributed by atoms with Gasteiger partial charge in [0.25, 0.3) is 0 Å². The molecule has 0 radical (unpaired) electrons. The monoisotopic (exact) mass is 464 g/mol. The van der Waals surface area contributed by atoms with Gasteiger partial charge in [-0.2, -0.15) is 0 Å². The molecule has 2 bridgehead atoms. The summed E-state index contributed by atoms with van der Waals surface area (Å²) in [5.41, 5.74) is 3.33. The minimum Gasteiger partial charge on any atom is -1.00 e. The molecule has 3 aliphatic rings. The fraction of sp³-hybridized carbons (Fsp3) is 0.346. The van der Waals surface area contributed by atoms with Crippen molar-refractivity contribution in [1.82, 2.24) is 4.98 Å². The molecular weight excluding hydrogens is 436 g/mol. The van der Waals surface area contributed by atoms with Gasteiger partial charge in [0.15, 0.2) is 0 Å². The van der Waals surface area contributed by atoms with Crippen LogP contribution in [0.1, 0.15) is 30.1 Å². The highest BCUT2D eigenvalue weighted by Gasteiger charge is 2.53. The minimum atomic E-state index is -0.486. The molecule has 3 aromatic rings. The molecular formula is C26H29BrN2O. The average molecular weight is 465 g/mol. The molecule has 3 saturated heterocycles. The van der Waals surface area contributed by atoms with Gasteiger partial charge in [-0.25, -0.2) is 0 Å². The summed E-state index contributed by atoms with van der Waals surface area (Å²) in [6.07, 6.45) is 5.79. The van der Waals surface area contributed by atoms with Crippen LogP contribution >= 0.6 is 0 Å². The largest absolute Gasteiger partial charge is 1.00 e. The Morgan fingerprint density at radius 3 is 2.67 bits per heavy atom. The molecule has 3 aliphatic heterocycles. The van der Waals surface area contributed by atoms with Gasteiger partial charge in [-0.3, -0.25) is 4.98 Å². The molecule has 0 aliphatic carbocycles. The number of aliphatic hydroxyl groups excluding tert-OH is 1. The highest BCUT2D eigenvalue weighted by molar-refractivity contribution is 5.82. The van der Waals surface area contributed by atoms with E-state index in [-0.39, 0.29) is 23.0 Å². The van der Waals surface area contributed by atoms with Crippen molar-refractivity contribution in [3.05, 3.63) is 90.6 Å². The van der Waals surface area contributed by atoms with Gasteiger partial charge in [-0.05, 0) is 23.6 Å². The number of hydrogen-bond donors (Lipinski definition) is 1. The number of piperidine rings is 3. The Kier molecular flexibility index (Phi) is 6.10. The molecule has 5 atom stereocenters. The molecule has 3 fully saturated rings. The van der Waals surface area contributed by atoms with Crippen molar-refractivity contribution < 1.29 is 26.6 Å². The lowest BCUT2D eigenvalue weighted by Gasteiger charge is -2.58. The topological polar surface area (TPSA) is 33.1 Å². The van der Waals surface area contributed by atoms with Crippen LogP contribution in [0.15, 0.2) is 79.5 Å². The number of hydrogen-bond acceptors (Lipinski definition) is 2.